The predicted octanol–water partition coefficient (Wildman–Crippen LogP) is 1.82. The van der Waals surface area contributed by atoms with Gasteiger partial charge in [0.25, 0.3) is 0 Å². The Morgan fingerprint density at radius 1 is 1.24 bits per heavy atom. The fraction of sp³-hybridized carbons (Fsp3) is 0.250. The highest BCUT2D eigenvalue weighted by molar-refractivity contribution is 5.92. The first-order chi connectivity index (χ1) is 8.24. The minimum Gasteiger partial charge on any atom is -0.495 e. The number of fused-ring (bicyclic) bond motifs is 1. The van der Waals surface area contributed by atoms with E-state index in [1.807, 2.05) is 0 Å². The molecule has 17 heavy (non-hydrogen) atoms. The lowest BCUT2D eigenvalue weighted by Gasteiger charge is -2.04. The Morgan fingerprint density at radius 3 is 2.65 bits per heavy atom. The van der Waals surface area contributed by atoms with Crippen molar-refractivity contribution < 1.29 is 14.3 Å². The molecule has 2 heterocycles. The van der Waals surface area contributed by atoms with E-state index in [4.69, 9.17) is 9.47 Å². The van der Waals surface area contributed by atoms with Gasteiger partial charge in [0.15, 0.2) is 0 Å². The van der Waals surface area contributed by atoms with Gasteiger partial charge in [0, 0.05) is 12.3 Å². The van der Waals surface area contributed by atoms with Crippen LogP contribution in [0.2, 0.25) is 0 Å². The standard InChI is InChI=1S/C12H12N2O3/c1-3-17-12(15)8-4-10-11(13-6-8)5-9(16-2)7-14-10/h4-7H,3H2,1-2H3. The molecule has 0 saturated heterocycles. The molecule has 0 aliphatic heterocycles. The van der Waals surface area contributed by atoms with Crippen molar-refractivity contribution in [3.05, 3.63) is 30.1 Å². The number of pyridine rings is 2. The molecule has 0 spiro atoms. The molecule has 5 heteroatoms. The molecular formula is C12H12N2O3. The van der Waals surface area contributed by atoms with Crippen molar-refractivity contribution in [3.8, 4) is 5.75 Å². The summed E-state index contributed by atoms with van der Waals surface area (Å²) in [7, 11) is 1.57. The molecule has 0 bridgehead atoms. The zero-order chi connectivity index (χ0) is 12.3. The van der Waals surface area contributed by atoms with Crippen molar-refractivity contribution in [1.29, 1.82) is 0 Å². The molecule has 0 unspecified atom stereocenters. The van der Waals surface area contributed by atoms with Crippen LogP contribution >= 0.6 is 0 Å². The second-order valence-electron chi connectivity index (χ2n) is 3.36. The van der Waals surface area contributed by atoms with E-state index in [2.05, 4.69) is 9.97 Å². The largest absolute Gasteiger partial charge is 0.495 e. The van der Waals surface area contributed by atoms with Crippen molar-refractivity contribution in [2.24, 2.45) is 0 Å². The van der Waals surface area contributed by atoms with Gasteiger partial charge in [-0.3, -0.25) is 9.97 Å². The van der Waals surface area contributed by atoms with Crippen molar-refractivity contribution in [2.75, 3.05) is 13.7 Å². The fourth-order valence-electron chi connectivity index (χ4n) is 1.42. The molecule has 0 aromatic carbocycles. The van der Waals surface area contributed by atoms with Gasteiger partial charge in [-0.05, 0) is 13.0 Å². The molecular weight excluding hydrogens is 220 g/mol. The van der Waals surface area contributed by atoms with Crippen LogP contribution in [-0.2, 0) is 4.74 Å². The maximum Gasteiger partial charge on any atom is 0.339 e. The number of aromatic nitrogens is 2. The van der Waals surface area contributed by atoms with Gasteiger partial charge in [-0.2, -0.15) is 0 Å². The SMILES string of the molecule is CCOC(=O)c1cnc2cc(OC)cnc2c1. The van der Waals surface area contributed by atoms with Crippen LogP contribution in [0.1, 0.15) is 17.3 Å². The van der Waals surface area contributed by atoms with E-state index in [0.717, 1.165) is 0 Å². The minimum atomic E-state index is -0.389. The van der Waals surface area contributed by atoms with Crippen molar-refractivity contribution in [1.82, 2.24) is 9.97 Å². The first-order valence-corrected chi connectivity index (χ1v) is 5.21. The summed E-state index contributed by atoms with van der Waals surface area (Å²) in [5.41, 5.74) is 1.71. The zero-order valence-corrected chi connectivity index (χ0v) is 9.64. The Morgan fingerprint density at radius 2 is 1.94 bits per heavy atom. The van der Waals surface area contributed by atoms with Crippen LogP contribution in [0.25, 0.3) is 11.0 Å². The van der Waals surface area contributed by atoms with Crippen molar-refractivity contribution in [2.45, 2.75) is 6.92 Å². The molecule has 5 nitrogen and oxygen atoms in total. The second-order valence-corrected chi connectivity index (χ2v) is 3.36. The zero-order valence-electron chi connectivity index (χ0n) is 9.64. The average Bonchev–Trinajstić information content (AvgIpc) is 2.37. The van der Waals surface area contributed by atoms with Gasteiger partial charge in [-0.1, -0.05) is 0 Å². The fourth-order valence-corrected chi connectivity index (χ4v) is 1.42. The lowest BCUT2D eigenvalue weighted by molar-refractivity contribution is 0.0526. The van der Waals surface area contributed by atoms with Gasteiger partial charge in [-0.25, -0.2) is 4.79 Å². The number of carbonyl (C=O) groups is 1. The van der Waals surface area contributed by atoms with E-state index in [0.29, 0.717) is 29.0 Å². The summed E-state index contributed by atoms with van der Waals surface area (Å²) in [6.45, 7) is 2.10. The normalized spacial score (nSPS) is 10.2. The number of esters is 1. The van der Waals surface area contributed by atoms with Gasteiger partial charge in [0.2, 0.25) is 0 Å². The third-order valence-corrected chi connectivity index (χ3v) is 2.25. The van der Waals surface area contributed by atoms with Crippen LogP contribution in [-0.4, -0.2) is 29.7 Å². The Bertz CT molecular complexity index is 554. The molecule has 0 saturated carbocycles. The van der Waals surface area contributed by atoms with Crippen LogP contribution in [0.4, 0.5) is 0 Å². The monoisotopic (exact) mass is 232 g/mol. The Balaban J connectivity index is 2.41. The van der Waals surface area contributed by atoms with Gasteiger partial charge in [-0.15, -0.1) is 0 Å². The Hall–Kier alpha value is -2.17. The Kier molecular flexibility index (Phi) is 3.18. The predicted molar refractivity (Wildman–Crippen MR) is 62.0 cm³/mol. The lowest BCUT2D eigenvalue weighted by atomic mass is 10.2. The highest BCUT2D eigenvalue weighted by atomic mass is 16.5. The van der Waals surface area contributed by atoms with Crippen LogP contribution < -0.4 is 4.74 Å². The number of nitrogens with zero attached hydrogens (tertiary/aromatic N) is 2. The van der Waals surface area contributed by atoms with E-state index in [1.165, 1.54) is 6.20 Å². The number of rotatable bonds is 3. The van der Waals surface area contributed by atoms with Crippen LogP contribution in [0, 0.1) is 0 Å². The molecule has 0 fully saturated rings. The molecule has 0 aliphatic carbocycles. The van der Waals surface area contributed by atoms with Gasteiger partial charge in [0.05, 0.1) is 36.5 Å². The highest BCUT2D eigenvalue weighted by Gasteiger charge is 2.08. The number of methoxy groups -OCH3 is 1. The molecule has 2 aromatic heterocycles. The van der Waals surface area contributed by atoms with E-state index < -0.39 is 0 Å². The molecule has 0 N–H and O–H groups in total. The number of hydrogen-bond donors (Lipinski definition) is 0. The second kappa shape index (κ2) is 4.78. The van der Waals surface area contributed by atoms with E-state index in [9.17, 15) is 4.79 Å². The molecule has 0 amide bonds. The highest BCUT2D eigenvalue weighted by Crippen LogP contribution is 2.17. The van der Waals surface area contributed by atoms with Gasteiger partial charge >= 0.3 is 5.97 Å². The third-order valence-electron chi connectivity index (χ3n) is 2.25. The first kappa shape index (κ1) is 11.3. The topological polar surface area (TPSA) is 61.3 Å². The number of hydrogen-bond acceptors (Lipinski definition) is 5. The lowest BCUT2D eigenvalue weighted by Crippen LogP contribution is -2.05. The van der Waals surface area contributed by atoms with Crippen molar-refractivity contribution >= 4 is 17.0 Å². The summed E-state index contributed by atoms with van der Waals surface area (Å²) in [6.07, 6.45) is 3.06. The van der Waals surface area contributed by atoms with Crippen LogP contribution in [0.15, 0.2) is 24.5 Å². The summed E-state index contributed by atoms with van der Waals surface area (Å²) < 4.78 is 9.93. The summed E-state index contributed by atoms with van der Waals surface area (Å²) in [4.78, 5) is 19.8. The van der Waals surface area contributed by atoms with Gasteiger partial charge < -0.3 is 9.47 Å². The molecule has 0 atom stereocenters. The van der Waals surface area contributed by atoms with Crippen LogP contribution in [0.3, 0.4) is 0 Å². The summed E-state index contributed by atoms with van der Waals surface area (Å²) in [6, 6.07) is 3.41. The van der Waals surface area contributed by atoms with E-state index >= 15 is 0 Å². The summed E-state index contributed by atoms with van der Waals surface area (Å²) >= 11 is 0. The smallest absolute Gasteiger partial charge is 0.339 e. The summed E-state index contributed by atoms with van der Waals surface area (Å²) in [5, 5.41) is 0. The quantitative estimate of drug-likeness (QED) is 0.755. The van der Waals surface area contributed by atoms with E-state index in [1.54, 1.807) is 32.4 Å². The molecule has 0 aliphatic rings. The maximum absolute atomic E-state index is 11.5. The van der Waals surface area contributed by atoms with Crippen LogP contribution in [0.5, 0.6) is 5.75 Å². The van der Waals surface area contributed by atoms with Gasteiger partial charge in [0.1, 0.15) is 5.75 Å². The number of carbonyl (C=O) groups excluding carboxylic acids is 1. The number of ether oxygens (including phenoxy) is 2. The molecule has 2 aromatic rings. The molecule has 88 valence electrons. The minimum absolute atomic E-state index is 0.340. The average molecular weight is 232 g/mol. The molecule has 0 radical (unpaired) electrons. The van der Waals surface area contributed by atoms with Crippen molar-refractivity contribution in [3.63, 3.8) is 0 Å². The Labute approximate surface area is 98.4 Å². The summed E-state index contributed by atoms with van der Waals surface area (Å²) in [5.74, 6) is 0.244. The maximum atomic E-state index is 11.5. The first-order valence-electron chi connectivity index (χ1n) is 5.21. The third kappa shape index (κ3) is 2.33. The molecule has 2 rings (SSSR count). The van der Waals surface area contributed by atoms with E-state index in [-0.39, 0.29) is 5.97 Å².